The zero-order chi connectivity index (χ0) is 17.0. The van der Waals surface area contributed by atoms with Crippen molar-refractivity contribution < 1.29 is 13.2 Å². The lowest BCUT2D eigenvalue weighted by molar-refractivity contribution is -0.119. The van der Waals surface area contributed by atoms with E-state index in [1.807, 2.05) is 0 Å². The predicted octanol–water partition coefficient (Wildman–Crippen LogP) is 3.17. The fourth-order valence-electron chi connectivity index (χ4n) is 1.97. The van der Waals surface area contributed by atoms with E-state index in [1.165, 1.54) is 17.5 Å². The van der Waals surface area contributed by atoms with Gasteiger partial charge in [-0.3, -0.25) is 14.5 Å². The first kappa shape index (κ1) is 17.8. The summed E-state index contributed by atoms with van der Waals surface area (Å²) in [4.78, 5) is 20.2. The van der Waals surface area contributed by atoms with Gasteiger partial charge in [-0.15, -0.1) is 11.3 Å². The van der Waals surface area contributed by atoms with E-state index in [1.54, 1.807) is 32.3 Å². The van der Waals surface area contributed by atoms with Gasteiger partial charge in [0, 0.05) is 35.5 Å². The van der Waals surface area contributed by atoms with Crippen molar-refractivity contribution in [3.8, 4) is 10.6 Å². The first-order chi connectivity index (χ1) is 10.9. The number of nitrogens with zero attached hydrogens (tertiary/aromatic N) is 2. The Morgan fingerprint density at radius 2 is 2.13 bits per heavy atom. The number of hydrogen-bond acceptors (Lipinski definition) is 6. The van der Waals surface area contributed by atoms with Crippen molar-refractivity contribution in [2.45, 2.75) is 31.9 Å². The van der Waals surface area contributed by atoms with Gasteiger partial charge in [-0.1, -0.05) is 25.4 Å². The smallest absolute Gasteiger partial charge is 0.242 e. The molecular formula is C14H16ClN3O3S2. The van der Waals surface area contributed by atoms with Gasteiger partial charge in [0.1, 0.15) is 10.3 Å². The van der Waals surface area contributed by atoms with Crippen LogP contribution in [0.1, 0.15) is 36.8 Å². The van der Waals surface area contributed by atoms with Crippen molar-refractivity contribution in [3.63, 3.8) is 0 Å². The van der Waals surface area contributed by atoms with Crippen LogP contribution in [0.2, 0.25) is 5.02 Å². The molecule has 2 heterocycles. The number of carbonyl (C=O) groups excluding carboxylic acids is 1. The molecule has 0 aromatic carbocycles. The van der Waals surface area contributed by atoms with E-state index in [0.717, 1.165) is 0 Å². The summed E-state index contributed by atoms with van der Waals surface area (Å²) in [7, 11) is -3.79. The lowest BCUT2D eigenvalue weighted by Crippen LogP contribution is -2.33. The zero-order valence-electron chi connectivity index (χ0n) is 12.6. The van der Waals surface area contributed by atoms with Gasteiger partial charge in [0.25, 0.3) is 0 Å². The summed E-state index contributed by atoms with van der Waals surface area (Å²) in [5.41, 5.74) is 0.648. The summed E-state index contributed by atoms with van der Waals surface area (Å²) in [6.45, 7) is 3.35. The summed E-state index contributed by atoms with van der Waals surface area (Å²) >= 11 is 7.34. The number of amides is 1. The van der Waals surface area contributed by atoms with Crippen molar-refractivity contribution in [1.82, 2.24) is 14.7 Å². The number of pyridine rings is 1. The number of nitrogens with one attached hydrogen (secondary N) is 1. The standard InChI is InChI=1S/C14H16ClN3O3S2/c1-3-12(23(20,21)18-13(19)4-2)11-8-17-14(22-11)9-7-16-6-5-10(9)15/h5-8,12H,3-4H2,1-2H3,(H,18,19). The fraction of sp³-hybridized carbons (Fsp3) is 0.357. The van der Waals surface area contributed by atoms with Crippen LogP contribution in [0.25, 0.3) is 10.6 Å². The second-order valence-electron chi connectivity index (χ2n) is 4.74. The average Bonchev–Trinajstić information content (AvgIpc) is 2.96. The molecule has 2 aromatic heterocycles. The molecule has 1 N–H and O–H groups in total. The number of thiazole rings is 1. The third-order valence-corrected chi connectivity index (χ3v) is 6.63. The number of sulfonamides is 1. The summed E-state index contributed by atoms with van der Waals surface area (Å²) in [6.07, 6.45) is 5.09. The minimum atomic E-state index is -3.79. The molecule has 0 aliphatic heterocycles. The number of carbonyl (C=O) groups is 1. The van der Waals surface area contributed by atoms with Crippen molar-refractivity contribution >= 4 is 38.9 Å². The van der Waals surface area contributed by atoms with Crippen LogP contribution < -0.4 is 4.72 Å². The van der Waals surface area contributed by atoms with Gasteiger partial charge >= 0.3 is 0 Å². The van der Waals surface area contributed by atoms with Gasteiger partial charge in [0.05, 0.1) is 5.02 Å². The molecule has 124 valence electrons. The SMILES string of the molecule is CCC(=O)NS(=O)(=O)C(CC)c1cnc(-c2cnccc2Cl)s1. The topological polar surface area (TPSA) is 89.0 Å². The summed E-state index contributed by atoms with van der Waals surface area (Å²) in [5.74, 6) is -0.525. The summed E-state index contributed by atoms with van der Waals surface area (Å²) < 4.78 is 26.8. The van der Waals surface area contributed by atoms with E-state index in [4.69, 9.17) is 11.6 Å². The van der Waals surface area contributed by atoms with Crippen LogP contribution in [0.15, 0.2) is 24.7 Å². The van der Waals surface area contributed by atoms with E-state index in [9.17, 15) is 13.2 Å². The molecule has 9 heteroatoms. The third-order valence-electron chi connectivity index (χ3n) is 3.16. The first-order valence-corrected chi connectivity index (χ1v) is 9.73. The number of hydrogen-bond donors (Lipinski definition) is 1. The number of aromatic nitrogens is 2. The van der Waals surface area contributed by atoms with E-state index in [2.05, 4.69) is 14.7 Å². The fourth-order valence-corrected chi connectivity index (χ4v) is 5.16. The molecule has 0 bridgehead atoms. The normalized spacial score (nSPS) is 12.8. The molecule has 1 amide bonds. The quantitative estimate of drug-likeness (QED) is 0.840. The Kier molecular flexibility index (Phi) is 5.72. The third kappa shape index (κ3) is 4.07. The van der Waals surface area contributed by atoms with Gasteiger partial charge in [-0.2, -0.15) is 0 Å². The molecule has 0 saturated heterocycles. The van der Waals surface area contributed by atoms with Crippen molar-refractivity contribution in [3.05, 3.63) is 34.6 Å². The molecule has 23 heavy (non-hydrogen) atoms. The van der Waals surface area contributed by atoms with Crippen molar-refractivity contribution in [2.75, 3.05) is 0 Å². The Morgan fingerprint density at radius 3 is 2.74 bits per heavy atom. The van der Waals surface area contributed by atoms with Crippen LogP contribution in [0.5, 0.6) is 0 Å². The van der Waals surface area contributed by atoms with E-state index in [0.29, 0.717) is 26.9 Å². The highest BCUT2D eigenvalue weighted by Crippen LogP contribution is 2.36. The molecule has 2 rings (SSSR count). The van der Waals surface area contributed by atoms with E-state index >= 15 is 0 Å². The molecule has 2 aromatic rings. The minimum Gasteiger partial charge on any atom is -0.274 e. The first-order valence-electron chi connectivity index (χ1n) is 6.99. The maximum absolute atomic E-state index is 12.4. The van der Waals surface area contributed by atoms with Crippen LogP contribution in [0.3, 0.4) is 0 Å². The monoisotopic (exact) mass is 373 g/mol. The second kappa shape index (κ2) is 7.37. The largest absolute Gasteiger partial charge is 0.274 e. The van der Waals surface area contributed by atoms with E-state index in [-0.39, 0.29) is 6.42 Å². The van der Waals surface area contributed by atoms with Crippen molar-refractivity contribution in [2.24, 2.45) is 0 Å². The Morgan fingerprint density at radius 1 is 1.39 bits per heavy atom. The highest BCUT2D eigenvalue weighted by Gasteiger charge is 2.29. The molecule has 0 spiro atoms. The molecule has 1 atom stereocenters. The summed E-state index contributed by atoms with van der Waals surface area (Å²) in [6, 6.07) is 1.65. The van der Waals surface area contributed by atoms with Crippen LogP contribution in [0, 0.1) is 0 Å². The Labute approximate surface area is 144 Å². The number of rotatable bonds is 6. The number of halogens is 1. The van der Waals surface area contributed by atoms with Gasteiger partial charge in [0.2, 0.25) is 15.9 Å². The lowest BCUT2D eigenvalue weighted by atomic mass is 10.3. The minimum absolute atomic E-state index is 0.106. The maximum atomic E-state index is 12.4. The summed E-state index contributed by atoms with van der Waals surface area (Å²) in [5, 5.41) is 0.254. The highest BCUT2D eigenvalue weighted by atomic mass is 35.5. The Balaban J connectivity index is 2.34. The van der Waals surface area contributed by atoms with Crippen LogP contribution in [-0.2, 0) is 14.8 Å². The average molecular weight is 374 g/mol. The lowest BCUT2D eigenvalue weighted by Gasteiger charge is -2.14. The molecule has 0 aliphatic carbocycles. The van der Waals surface area contributed by atoms with Crippen molar-refractivity contribution in [1.29, 1.82) is 0 Å². The molecule has 0 radical (unpaired) electrons. The molecule has 0 aliphatic rings. The van der Waals surface area contributed by atoms with Gasteiger partial charge in [-0.05, 0) is 12.5 Å². The second-order valence-corrected chi connectivity index (χ2v) is 8.08. The molecule has 0 saturated carbocycles. The van der Waals surface area contributed by atoms with E-state index < -0.39 is 21.2 Å². The molecular weight excluding hydrogens is 358 g/mol. The molecule has 1 unspecified atom stereocenters. The highest BCUT2D eigenvalue weighted by molar-refractivity contribution is 7.90. The van der Waals surface area contributed by atoms with Crippen LogP contribution in [0.4, 0.5) is 0 Å². The van der Waals surface area contributed by atoms with Gasteiger partial charge in [0.15, 0.2) is 0 Å². The van der Waals surface area contributed by atoms with Gasteiger partial charge in [-0.25, -0.2) is 13.4 Å². The van der Waals surface area contributed by atoms with Gasteiger partial charge < -0.3 is 0 Å². The van der Waals surface area contributed by atoms with Crippen LogP contribution >= 0.6 is 22.9 Å². The van der Waals surface area contributed by atoms with Crippen LogP contribution in [-0.4, -0.2) is 24.3 Å². The Bertz CT molecular complexity index is 805. The maximum Gasteiger partial charge on any atom is 0.242 e. The predicted molar refractivity (Wildman–Crippen MR) is 90.7 cm³/mol. The molecule has 6 nitrogen and oxygen atoms in total. The Hall–Kier alpha value is -1.51. The molecule has 0 fully saturated rings. The zero-order valence-corrected chi connectivity index (χ0v) is 15.0.